The fraction of sp³-hybridized carbons (Fsp3) is 0.417. The van der Waals surface area contributed by atoms with Gasteiger partial charge in [-0.05, 0) is 24.6 Å². The van der Waals surface area contributed by atoms with Crippen molar-refractivity contribution in [3.05, 3.63) is 28.8 Å². The number of nitrogens with zero attached hydrogens (tertiary/aromatic N) is 1. The number of phenols is 1. The van der Waals surface area contributed by atoms with Crippen molar-refractivity contribution in [1.82, 2.24) is 4.90 Å². The van der Waals surface area contributed by atoms with E-state index in [9.17, 15) is 9.90 Å². The molecule has 0 radical (unpaired) electrons. The Bertz CT molecular complexity index is 390. The summed E-state index contributed by atoms with van der Waals surface area (Å²) in [5.41, 5.74) is 0.219. The number of carbonyl (C=O) groups is 1. The van der Waals surface area contributed by atoms with E-state index in [-0.39, 0.29) is 17.2 Å². The molecule has 0 fully saturated rings. The highest BCUT2D eigenvalue weighted by atomic mass is 35.5. The van der Waals surface area contributed by atoms with Crippen LogP contribution in [0.15, 0.2) is 18.2 Å². The number of hydrogen-bond acceptors (Lipinski definition) is 2. The molecule has 0 aliphatic carbocycles. The minimum atomic E-state index is -0.243. The van der Waals surface area contributed by atoms with Crippen LogP contribution in [-0.2, 0) is 0 Å². The van der Waals surface area contributed by atoms with Gasteiger partial charge >= 0.3 is 0 Å². The second-order valence-electron chi connectivity index (χ2n) is 3.64. The lowest BCUT2D eigenvalue weighted by Gasteiger charge is -2.21. The van der Waals surface area contributed by atoms with Crippen LogP contribution in [0.1, 0.15) is 23.7 Å². The number of phenolic OH excluding ortho intramolecular Hbond substituents is 1. The first-order valence-electron chi connectivity index (χ1n) is 5.44. The van der Waals surface area contributed by atoms with Gasteiger partial charge < -0.3 is 10.0 Å². The summed E-state index contributed by atoms with van der Waals surface area (Å²) in [4.78, 5) is 13.8. The van der Waals surface area contributed by atoms with E-state index in [1.165, 1.54) is 12.1 Å². The number of carbonyl (C=O) groups excluding carboxylic acids is 1. The number of benzene rings is 1. The first-order chi connectivity index (χ1) is 8.10. The summed E-state index contributed by atoms with van der Waals surface area (Å²) < 4.78 is 0. The minimum Gasteiger partial charge on any atom is -0.507 e. The topological polar surface area (TPSA) is 40.5 Å². The molecule has 0 unspecified atom stereocenters. The Morgan fingerprint density at radius 3 is 2.71 bits per heavy atom. The van der Waals surface area contributed by atoms with Crippen LogP contribution in [0, 0.1) is 0 Å². The largest absolute Gasteiger partial charge is 0.507 e. The van der Waals surface area contributed by atoms with Crippen molar-refractivity contribution < 1.29 is 9.90 Å². The predicted molar refractivity (Wildman–Crippen MR) is 70.0 cm³/mol. The molecule has 1 amide bonds. The number of rotatable bonds is 5. The number of hydrogen-bond donors (Lipinski definition) is 1. The lowest BCUT2D eigenvalue weighted by molar-refractivity contribution is 0.0762. The van der Waals surface area contributed by atoms with Crippen molar-refractivity contribution in [2.45, 2.75) is 13.3 Å². The molecule has 3 nitrogen and oxygen atoms in total. The summed E-state index contributed by atoms with van der Waals surface area (Å²) in [5.74, 6) is 0.0650. The molecule has 1 aromatic rings. The van der Waals surface area contributed by atoms with Crippen LogP contribution in [0.5, 0.6) is 5.75 Å². The van der Waals surface area contributed by atoms with Gasteiger partial charge in [-0.2, -0.15) is 0 Å². The fourth-order valence-electron chi connectivity index (χ4n) is 1.54. The highest BCUT2D eigenvalue weighted by Crippen LogP contribution is 2.23. The van der Waals surface area contributed by atoms with E-state index in [4.69, 9.17) is 23.2 Å². The summed E-state index contributed by atoms with van der Waals surface area (Å²) in [6, 6.07) is 4.43. The first kappa shape index (κ1) is 14.1. The molecule has 0 saturated heterocycles. The van der Waals surface area contributed by atoms with Crippen LogP contribution < -0.4 is 0 Å². The quantitative estimate of drug-likeness (QED) is 0.839. The van der Waals surface area contributed by atoms with Gasteiger partial charge in [0.2, 0.25) is 0 Å². The van der Waals surface area contributed by atoms with E-state index in [0.29, 0.717) is 24.0 Å². The number of alkyl halides is 1. The van der Waals surface area contributed by atoms with Crippen molar-refractivity contribution in [2.24, 2.45) is 0 Å². The third-order valence-corrected chi connectivity index (χ3v) is 2.73. The van der Waals surface area contributed by atoms with Crippen molar-refractivity contribution in [2.75, 3.05) is 19.0 Å². The maximum absolute atomic E-state index is 12.1. The van der Waals surface area contributed by atoms with Crippen molar-refractivity contribution in [3.8, 4) is 5.75 Å². The van der Waals surface area contributed by atoms with Crippen LogP contribution >= 0.6 is 23.2 Å². The van der Waals surface area contributed by atoms with Gasteiger partial charge in [-0.3, -0.25) is 4.79 Å². The Morgan fingerprint density at radius 1 is 1.41 bits per heavy atom. The lowest BCUT2D eigenvalue weighted by Crippen LogP contribution is -2.33. The molecule has 1 aromatic carbocycles. The molecular weight excluding hydrogens is 261 g/mol. The molecule has 0 atom stereocenters. The zero-order valence-electron chi connectivity index (χ0n) is 9.62. The summed E-state index contributed by atoms with van der Waals surface area (Å²) in [5, 5.41) is 10.1. The molecular formula is C12H15Cl2NO2. The molecule has 0 aliphatic rings. The number of aromatic hydroxyl groups is 1. The third-order valence-electron chi connectivity index (χ3n) is 2.32. The van der Waals surface area contributed by atoms with Crippen LogP contribution in [0.2, 0.25) is 5.02 Å². The van der Waals surface area contributed by atoms with Gasteiger partial charge in [0.05, 0.1) is 5.56 Å². The predicted octanol–water partition coefficient (Wildman–Crippen LogP) is 3.14. The smallest absolute Gasteiger partial charge is 0.257 e. The van der Waals surface area contributed by atoms with Gasteiger partial charge in [0.25, 0.3) is 5.91 Å². The lowest BCUT2D eigenvalue weighted by atomic mass is 10.1. The summed E-state index contributed by atoms with van der Waals surface area (Å²) in [7, 11) is 0. The maximum Gasteiger partial charge on any atom is 0.257 e. The molecule has 0 bridgehead atoms. The van der Waals surface area contributed by atoms with Crippen LogP contribution in [-0.4, -0.2) is 34.9 Å². The number of amides is 1. The molecule has 5 heteroatoms. The van der Waals surface area contributed by atoms with E-state index >= 15 is 0 Å². The Balaban J connectivity index is 2.95. The summed E-state index contributed by atoms with van der Waals surface area (Å²) in [6.07, 6.45) is 0.837. The fourth-order valence-corrected chi connectivity index (χ4v) is 1.91. The molecule has 0 spiro atoms. The van der Waals surface area contributed by atoms with Crippen LogP contribution in [0.3, 0.4) is 0 Å². The van der Waals surface area contributed by atoms with Gasteiger partial charge in [-0.25, -0.2) is 0 Å². The molecule has 94 valence electrons. The normalized spacial score (nSPS) is 10.3. The van der Waals surface area contributed by atoms with Gasteiger partial charge in [-0.15, -0.1) is 11.6 Å². The van der Waals surface area contributed by atoms with Gasteiger partial charge in [0, 0.05) is 24.0 Å². The second kappa shape index (κ2) is 6.72. The maximum atomic E-state index is 12.1. The SMILES string of the molecule is CCCN(CCCl)C(=O)c1cc(Cl)ccc1O. The molecule has 1 rings (SSSR count). The van der Waals surface area contributed by atoms with Gasteiger partial charge in [0.15, 0.2) is 0 Å². The Morgan fingerprint density at radius 2 is 2.12 bits per heavy atom. The highest BCUT2D eigenvalue weighted by molar-refractivity contribution is 6.31. The first-order valence-corrected chi connectivity index (χ1v) is 6.35. The van der Waals surface area contributed by atoms with Crippen molar-refractivity contribution >= 4 is 29.1 Å². The molecule has 0 aliphatic heterocycles. The Kier molecular flexibility index (Phi) is 5.59. The van der Waals surface area contributed by atoms with Crippen LogP contribution in [0.4, 0.5) is 0 Å². The molecule has 0 heterocycles. The zero-order valence-corrected chi connectivity index (χ0v) is 11.1. The monoisotopic (exact) mass is 275 g/mol. The van der Waals surface area contributed by atoms with Crippen LogP contribution in [0.25, 0.3) is 0 Å². The number of halogens is 2. The Hall–Kier alpha value is -0.930. The van der Waals surface area contributed by atoms with Crippen molar-refractivity contribution in [1.29, 1.82) is 0 Å². The Labute approximate surface area is 111 Å². The molecule has 17 heavy (non-hydrogen) atoms. The molecule has 0 aromatic heterocycles. The van der Waals surface area contributed by atoms with Gasteiger partial charge in [-0.1, -0.05) is 18.5 Å². The van der Waals surface area contributed by atoms with Gasteiger partial charge in [0.1, 0.15) is 5.75 Å². The highest BCUT2D eigenvalue weighted by Gasteiger charge is 2.18. The van der Waals surface area contributed by atoms with E-state index in [1.54, 1.807) is 11.0 Å². The average Bonchev–Trinajstić information content (AvgIpc) is 2.31. The zero-order chi connectivity index (χ0) is 12.8. The van der Waals surface area contributed by atoms with E-state index in [1.807, 2.05) is 6.92 Å². The average molecular weight is 276 g/mol. The molecule has 1 N–H and O–H groups in total. The minimum absolute atomic E-state index is 0.0601. The van der Waals surface area contributed by atoms with E-state index in [2.05, 4.69) is 0 Å². The summed E-state index contributed by atoms with van der Waals surface area (Å²) >= 11 is 11.5. The summed E-state index contributed by atoms with van der Waals surface area (Å²) in [6.45, 7) is 3.05. The standard InChI is InChI=1S/C12H15Cl2NO2/c1-2-6-15(7-5-13)12(17)10-8-9(14)3-4-11(10)16/h3-4,8,16H,2,5-7H2,1H3. The third kappa shape index (κ3) is 3.79. The van der Waals surface area contributed by atoms with E-state index in [0.717, 1.165) is 6.42 Å². The van der Waals surface area contributed by atoms with E-state index < -0.39 is 0 Å². The molecule has 0 saturated carbocycles. The van der Waals surface area contributed by atoms with Crippen molar-refractivity contribution in [3.63, 3.8) is 0 Å². The second-order valence-corrected chi connectivity index (χ2v) is 4.46.